The molecule has 0 aliphatic heterocycles. The maximum Gasteiger partial charge on any atom is 0.416 e. The second-order valence-corrected chi connectivity index (χ2v) is 7.14. The molecule has 6 nitrogen and oxygen atoms in total. The summed E-state index contributed by atoms with van der Waals surface area (Å²) in [6.45, 7) is 3.29. The van der Waals surface area contributed by atoms with Crippen molar-refractivity contribution in [1.82, 2.24) is 10.3 Å². The zero-order chi connectivity index (χ0) is 24.7. The number of ether oxygens (including phenoxy) is 1. The Balaban J connectivity index is 2.50. The van der Waals surface area contributed by atoms with E-state index in [9.17, 15) is 13.2 Å². The smallest absolute Gasteiger partial charge is 0.416 e. The van der Waals surface area contributed by atoms with Gasteiger partial charge in [-0.15, -0.1) is 0 Å². The number of nitrogens with two attached hydrogens (primary N) is 1. The lowest BCUT2D eigenvalue weighted by Crippen LogP contribution is -2.36. The summed E-state index contributed by atoms with van der Waals surface area (Å²) in [5, 5.41) is 11.3. The molecule has 1 aromatic heterocycles. The van der Waals surface area contributed by atoms with Gasteiger partial charge in [-0.05, 0) is 62.7 Å². The summed E-state index contributed by atoms with van der Waals surface area (Å²) in [5.74, 6) is 0.410. The van der Waals surface area contributed by atoms with Gasteiger partial charge in [0.2, 0.25) is 5.88 Å². The van der Waals surface area contributed by atoms with E-state index in [1.165, 1.54) is 6.20 Å². The molecular weight excluding hydrogens is 433 g/mol. The highest BCUT2D eigenvalue weighted by atomic mass is 19.4. The number of aliphatic imine (C=N–C) groups is 1. The summed E-state index contributed by atoms with van der Waals surface area (Å²) >= 11 is 0. The number of nitrogens with one attached hydrogen (secondary N) is 1. The predicted molar refractivity (Wildman–Crippen MR) is 127 cm³/mol. The van der Waals surface area contributed by atoms with Crippen LogP contribution in [0, 0.1) is 0 Å². The first kappa shape index (κ1) is 27.7. The third-order valence-electron chi connectivity index (χ3n) is 4.24. The van der Waals surface area contributed by atoms with Gasteiger partial charge in [-0.25, -0.2) is 4.98 Å². The Kier molecular flexibility index (Phi) is 12.3. The first-order valence-corrected chi connectivity index (χ1v) is 10.3. The second kappa shape index (κ2) is 14.7. The molecule has 33 heavy (non-hydrogen) atoms. The van der Waals surface area contributed by atoms with Gasteiger partial charge in [-0.1, -0.05) is 23.8 Å². The van der Waals surface area contributed by atoms with E-state index in [1.807, 2.05) is 32.1 Å². The van der Waals surface area contributed by atoms with Gasteiger partial charge in [-0.3, -0.25) is 4.99 Å². The molecule has 0 amide bonds. The average Bonchev–Trinajstić information content (AvgIpc) is 2.77. The summed E-state index contributed by atoms with van der Waals surface area (Å²) in [7, 11) is 1.66. The molecular formula is C24H31F3N4O2. The van der Waals surface area contributed by atoms with Crippen molar-refractivity contribution >= 4 is 11.9 Å². The lowest BCUT2D eigenvalue weighted by atomic mass is 10.1. The van der Waals surface area contributed by atoms with Gasteiger partial charge in [0.25, 0.3) is 0 Å². The van der Waals surface area contributed by atoms with Gasteiger partial charge in [0.1, 0.15) is 0 Å². The van der Waals surface area contributed by atoms with E-state index in [2.05, 4.69) is 15.3 Å². The fraction of sp³-hybridized carbons (Fsp3) is 0.333. The number of halogens is 3. The van der Waals surface area contributed by atoms with Crippen LogP contribution >= 0.6 is 0 Å². The maximum atomic E-state index is 12.2. The summed E-state index contributed by atoms with van der Waals surface area (Å²) in [6.07, 6.45) is 9.60. The molecule has 0 spiro atoms. The number of aliphatic hydroxyl groups excluding tert-OH is 1. The molecule has 0 aromatic carbocycles. The zero-order valence-electron chi connectivity index (χ0n) is 19.0. The summed E-state index contributed by atoms with van der Waals surface area (Å²) in [4.78, 5) is 8.11. The third kappa shape index (κ3) is 11.7. The van der Waals surface area contributed by atoms with Crippen molar-refractivity contribution in [3.8, 4) is 5.88 Å². The highest BCUT2D eigenvalue weighted by Gasteiger charge is 2.37. The highest BCUT2D eigenvalue weighted by Crippen LogP contribution is 2.21. The van der Waals surface area contributed by atoms with Crippen molar-refractivity contribution < 1.29 is 23.0 Å². The van der Waals surface area contributed by atoms with Crippen molar-refractivity contribution in [2.24, 2.45) is 10.7 Å². The SMILES string of the molecule is CN=C/C=C(\N)c1cccnc1O/C=C(\C)CC\C=C(C)/C=C\C=C\NC[C@H](O)C(F)(F)F. The molecule has 0 saturated carbocycles. The van der Waals surface area contributed by atoms with E-state index in [1.54, 1.807) is 50.0 Å². The zero-order valence-corrected chi connectivity index (χ0v) is 19.0. The van der Waals surface area contributed by atoms with Crippen LogP contribution in [0.3, 0.4) is 0 Å². The average molecular weight is 465 g/mol. The molecule has 0 fully saturated rings. The molecule has 1 aromatic rings. The van der Waals surface area contributed by atoms with Crippen molar-refractivity contribution in [3.63, 3.8) is 0 Å². The topological polar surface area (TPSA) is 92.8 Å². The molecule has 4 N–H and O–H groups in total. The quantitative estimate of drug-likeness (QED) is 0.237. The van der Waals surface area contributed by atoms with Crippen LogP contribution < -0.4 is 15.8 Å². The van der Waals surface area contributed by atoms with Crippen molar-refractivity contribution in [2.45, 2.75) is 39.0 Å². The van der Waals surface area contributed by atoms with Crippen LogP contribution in [0.15, 0.2) is 77.3 Å². The standard InChI is InChI=1S/C24H31F3N4O2/c1-18(8-4-5-13-30-16-22(32)24(25,26)27)9-6-10-19(2)17-33-23-20(11-7-14-31-23)21(28)12-15-29-3/h4-5,7-9,11-15,17,22,30,32H,6,10,16,28H2,1-3H3/b8-4-,13-5+,18-9-,19-17+,21-12-,29-15?/t22-/m0/s1. The Morgan fingerprint density at radius 3 is 2.79 bits per heavy atom. The number of rotatable bonds is 12. The number of hydrogen-bond acceptors (Lipinski definition) is 6. The number of alkyl halides is 3. The van der Waals surface area contributed by atoms with Crippen LogP contribution in [0.5, 0.6) is 5.88 Å². The lowest BCUT2D eigenvalue weighted by molar-refractivity contribution is -0.201. The summed E-state index contributed by atoms with van der Waals surface area (Å²) < 4.78 is 42.2. The van der Waals surface area contributed by atoms with Crippen molar-refractivity contribution in [2.75, 3.05) is 13.6 Å². The Hall–Kier alpha value is -3.33. The predicted octanol–water partition coefficient (Wildman–Crippen LogP) is 4.67. The van der Waals surface area contributed by atoms with Gasteiger partial charge >= 0.3 is 6.18 Å². The Bertz CT molecular complexity index is 917. The Morgan fingerprint density at radius 1 is 1.33 bits per heavy atom. The van der Waals surface area contributed by atoms with E-state index < -0.39 is 18.8 Å². The van der Waals surface area contributed by atoms with Crippen LogP contribution in [-0.4, -0.2) is 42.2 Å². The maximum absolute atomic E-state index is 12.2. The number of hydrogen-bond donors (Lipinski definition) is 3. The summed E-state index contributed by atoms with van der Waals surface area (Å²) in [6, 6.07) is 3.60. The van der Waals surface area contributed by atoms with E-state index in [-0.39, 0.29) is 0 Å². The van der Waals surface area contributed by atoms with E-state index in [4.69, 9.17) is 15.6 Å². The van der Waals surface area contributed by atoms with E-state index in [0.29, 0.717) is 17.1 Å². The molecule has 0 saturated heterocycles. The van der Waals surface area contributed by atoms with Crippen molar-refractivity contribution in [3.05, 3.63) is 77.9 Å². The van der Waals surface area contributed by atoms with Crippen LogP contribution in [0.2, 0.25) is 0 Å². The first-order valence-electron chi connectivity index (χ1n) is 10.3. The molecule has 0 radical (unpaired) electrons. The summed E-state index contributed by atoms with van der Waals surface area (Å²) in [5.41, 5.74) is 9.25. The molecule has 0 aliphatic carbocycles. The largest absolute Gasteiger partial charge is 0.446 e. The molecule has 1 heterocycles. The van der Waals surface area contributed by atoms with Crippen LogP contribution in [0.25, 0.3) is 5.70 Å². The number of pyridine rings is 1. The minimum Gasteiger partial charge on any atom is -0.446 e. The highest BCUT2D eigenvalue weighted by molar-refractivity contribution is 5.84. The molecule has 9 heteroatoms. The van der Waals surface area contributed by atoms with Crippen LogP contribution in [0.4, 0.5) is 13.2 Å². The fourth-order valence-electron chi connectivity index (χ4n) is 2.39. The van der Waals surface area contributed by atoms with Gasteiger partial charge in [0.05, 0.1) is 11.8 Å². The van der Waals surface area contributed by atoms with Gasteiger partial charge in [0, 0.05) is 31.7 Å². The molecule has 0 bridgehead atoms. The van der Waals surface area contributed by atoms with Gasteiger partial charge in [0.15, 0.2) is 6.10 Å². The fourth-order valence-corrected chi connectivity index (χ4v) is 2.39. The van der Waals surface area contributed by atoms with Crippen LogP contribution in [0.1, 0.15) is 32.3 Å². The van der Waals surface area contributed by atoms with Crippen molar-refractivity contribution in [1.29, 1.82) is 0 Å². The molecule has 1 atom stereocenters. The molecule has 1 rings (SSSR count). The second-order valence-electron chi connectivity index (χ2n) is 7.14. The van der Waals surface area contributed by atoms with E-state index >= 15 is 0 Å². The third-order valence-corrected chi connectivity index (χ3v) is 4.24. The van der Waals surface area contributed by atoms with Crippen LogP contribution in [-0.2, 0) is 0 Å². The van der Waals surface area contributed by atoms with Gasteiger partial charge < -0.3 is 20.9 Å². The minimum atomic E-state index is -4.62. The minimum absolute atomic E-state index is 0.410. The number of aliphatic hydroxyl groups is 1. The first-order chi connectivity index (χ1) is 15.6. The monoisotopic (exact) mass is 464 g/mol. The van der Waals surface area contributed by atoms with E-state index in [0.717, 1.165) is 24.0 Å². The number of aromatic nitrogens is 1. The van der Waals surface area contributed by atoms with Gasteiger partial charge in [-0.2, -0.15) is 13.2 Å². The normalized spacial score (nSPS) is 15.1. The number of allylic oxidation sites excluding steroid dienone is 7. The lowest BCUT2D eigenvalue weighted by Gasteiger charge is -2.13. The number of nitrogens with zero attached hydrogens (tertiary/aromatic N) is 2. The Labute approximate surface area is 192 Å². The molecule has 0 aliphatic rings. The molecule has 0 unspecified atom stereocenters. The molecule has 180 valence electrons. The Morgan fingerprint density at radius 2 is 2.09 bits per heavy atom.